The van der Waals surface area contributed by atoms with Gasteiger partial charge in [-0.15, -0.1) is 0 Å². The number of carboxylic acid groups (broad SMARTS) is 1. The number of carbonyl (C=O) groups excluding carboxylic acids is 1. The third kappa shape index (κ3) is 3.46. The molecule has 0 bridgehead atoms. The minimum absolute atomic E-state index is 0.135. The molecule has 20 heavy (non-hydrogen) atoms. The van der Waals surface area contributed by atoms with Crippen molar-refractivity contribution in [2.24, 2.45) is 5.92 Å². The number of hydrogen-bond donors (Lipinski definition) is 2. The van der Waals surface area contributed by atoms with Crippen LogP contribution in [0.3, 0.4) is 0 Å². The van der Waals surface area contributed by atoms with Crippen LogP contribution in [0.15, 0.2) is 18.3 Å². The van der Waals surface area contributed by atoms with Gasteiger partial charge in [0.15, 0.2) is 5.69 Å². The van der Waals surface area contributed by atoms with Gasteiger partial charge in [-0.05, 0) is 37.3 Å². The standard InChI is InChI=1S/C14H19N3O3/c1-10-4-3-8-17(9-6-10)14(20)16-11-5-2-7-15-12(11)13(18)19/h2,5,7,10H,3-4,6,8-9H2,1H3,(H,16,20)(H,18,19). The zero-order valence-corrected chi connectivity index (χ0v) is 11.5. The Kier molecular flexibility index (Phi) is 4.55. The summed E-state index contributed by atoms with van der Waals surface area (Å²) < 4.78 is 0. The van der Waals surface area contributed by atoms with Gasteiger partial charge in [-0.3, -0.25) is 0 Å². The number of rotatable bonds is 2. The molecular weight excluding hydrogens is 258 g/mol. The van der Waals surface area contributed by atoms with Gasteiger partial charge < -0.3 is 15.3 Å². The van der Waals surface area contributed by atoms with E-state index in [9.17, 15) is 9.59 Å². The van der Waals surface area contributed by atoms with Crippen molar-refractivity contribution in [3.8, 4) is 0 Å². The summed E-state index contributed by atoms with van der Waals surface area (Å²) in [5.74, 6) is -0.522. The lowest BCUT2D eigenvalue weighted by Crippen LogP contribution is -2.36. The quantitative estimate of drug-likeness (QED) is 0.869. The fourth-order valence-corrected chi connectivity index (χ4v) is 2.34. The Bertz CT molecular complexity index is 504. The minimum atomic E-state index is -1.15. The van der Waals surface area contributed by atoms with E-state index in [0.29, 0.717) is 19.0 Å². The van der Waals surface area contributed by atoms with Crippen LogP contribution in [0.1, 0.15) is 36.7 Å². The molecule has 0 aromatic carbocycles. The van der Waals surface area contributed by atoms with E-state index in [0.717, 1.165) is 19.3 Å². The van der Waals surface area contributed by atoms with Crippen molar-refractivity contribution in [2.75, 3.05) is 18.4 Å². The molecule has 1 aromatic heterocycles. The summed E-state index contributed by atoms with van der Waals surface area (Å²) in [5, 5.41) is 11.7. The highest BCUT2D eigenvalue weighted by molar-refractivity contribution is 5.98. The Morgan fingerprint density at radius 3 is 2.95 bits per heavy atom. The largest absolute Gasteiger partial charge is 0.476 e. The number of amides is 2. The average molecular weight is 277 g/mol. The van der Waals surface area contributed by atoms with Crippen molar-refractivity contribution in [1.29, 1.82) is 0 Å². The van der Waals surface area contributed by atoms with E-state index in [1.165, 1.54) is 6.20 Å². The van der Waals surface area contributed by atoms with Crippen molar-refractivity contribution in [3.05, 3.63) is 24.0 Å². The number of nitrogens with zero attached hydrogens (tertiary/aromatic N) is 2. The maximum atomic E-state index is 12.2. The smallest absolute Gasteiger partial charge is 0.356 e. The molecule has 2 rings (SSSR count). The number of aromatic carboxylic acids is 1. The molecule has 1 unspecified atom stereocenters. The average Bonchev–Trinajstić information content (AvgIpc) is 2.64. The lowest BCUT2D eigenvalue weighted by Gasteiger charge is -2.21. The van der Waals surface area contributed by atoms with Gasteiger partial charge in [-0.1, -0.05) is 6.92 Å². The number of pyridine rings is 1. The molecule has 0 radical (unpaired) electrons. The van der Waals surface area contributed by atoms with Gasteiger partial charge in [0.2, 0.25) is 0 Å². The van der Waals surface area contributed by atoms with Crippen LogP contribution in [-0.4, -0.2) is 40.1 Å². The second-order valence-electron chi connectivity index (χ2n) is 5.16. The monoisotopic (exact) mass is 277 g/mol. The fourth-order valence-electron chi connectivity index (χ4n) is 2.34. The van der Waals surface area contributed by atoms with Crippen molar-refractivity contribution >= 4 is 17.7 Å². The fraction of sp³-hybridized carbons (Fsp3) is 0.500. The van der Waals surface area contributed by atoms with Crippen LogP contribution in [0.5, 0.6) is 0 Å². The van der Waals surface area contributed by atoms with E-state index in [1.54, 1.807) is 17.0 Å². The highest BCUT2D eigenvalue weighted by Crippen LogP contribution is 2.18. The van der Waals surface area contributed by atoms with Gasteiger partial charge in [0.1, 0.15) is 0 Å². The molecule has 1 saturated heterocycles. The van der Waals surface area contributed by atoms with Gasteiger partial charge in [0.25, 0.3) is 0 Å². The summed E-state index contributed by atoms with van der Waals surface area (Å²) in [6.07, 6.45) is 4.48. The number of urea groups is 1. The molecule has 1 aliphatic rings. The third-order valence-corrected chi connectivity index (χ3v) is 3.56. The summed E-state index contributed by atoms with van der Waals surface area (Å²) in [5.41, 5.74) is 0.103. The molecule has 0 spiro atoms. The number of carbonyl (C=O) groups is 2. The topological polar surface area (TPSA) is 82.5 Å². The van der Waals surface area contributed by atoms with Crippen LogP contribution in [0.2, 0.25) is 0 Å². The number of carboxylic acids is 1. The van der Waals surface area contributed by atoms with E-state index >= 15 is 0 Å². The second kappa shape index (κ2) is 6.36. The Labute approximate surface area is 117 Å². The van der Waals surface area contributed by atoms with E-state index < -0.39 is 5.97 Å². The molecule has 2 amide bonds. The molecule has 2 N–H and O–H groups in total. The lowest BCUT2D eigenvalue weighted by atomic mass is 10.0. The summed E-state index contributed by atoms with van der Waals surface area (Å²) in [6, 6.07) is 2.90. The highest BCUT2D eigenvalue weighted by Gasteiger charge is 2.20. The first-order valence-electron chi connectivity index (χ1n) is 6.82. The van der Waals surface area contributed by atoms with Crippen molar-refractivity contribution in [2.45, 2.75) is 26.2 Å². The van der Waals surface area contributed by atoms with Gasteiger partial charge in [0.05, 0.1) is 5.69 Å². The molecule has 2 heterocycles. The van der Waals surface area contributed by atoms with Crippen molar-refractivity contribution in [3.63, 3.8) is 0 Å². The summed E-state index contributed by atoms with van der Waals surface area (Å²) in [7, 11) is 0. The molecule has 1 aromatic rings. The molecule has 6 heteroatoms. The van der Waals surface area contributed by atoms with Crippen LogP contribution >= 0.6 is 0 Å². The van der Waals surface area contributed by atoms with Gasteiger partial charge in [-0.2, -0.15) is 0 Å². The maximum Gasteiger partial charge on any atom is 0.356 e. The molecule has 1 atom stereocenters. The van der Waals surface area contributed by atoms with Gasteiger partial charge in [-0.25, -0.2) is 14.6 Å². The van der Waals surface area contributed by atoms with E-state index in [2.05, 4.69) is 17.2 Å². The van der Waals surface area contributed by atoms with Crippen molar-refractivity contribution in [1.82, 2.24) is 9.88 Å². The van der Waals surface area contributed by atoms with Crippen LogP contribution in [-0.2, 0) is 0 Å². The number of anilines is 1. The lowest BCUT2D eigenvalue weighted by molar-refractivity contribution is 0.0691. The molecule has 0 saturated carbocycles. The van der Waals surface area contributed by atoms with E-state index in [4.69, 9.17) is 5.11 Å². The zero-order valence-electron chi connectivity index (χ0n) is 11.5. The first-order valence-corrected chi connectivity index (χ1v) is 6.82. The first-order chi connectivity index (χ1) is 9.58. The van der Waals surface area contributed by atoms with Gasteiger partial charge in [0, 0.05) is 19.3 Å². The predicted molar refractivity (Wildman–Crippen MR) is 74.8 cm³/mol. The third-order valence-electron chi connectivity index (χ3n) is 3.56. The second-order valence-corrected chi connectivity index (χ2v) is 5.16. The van der Waals surface area contributed by atoms with Gasteiger partial charge >= 0.3 is 12.0 Å². The molecule has 108 valence electrons. The minimum Gasteiger partial charge on any atom is -0.476 e. The number of nitrogens with one attached hydrogen (secondary N) is 1. The first kappa shape index (κ1) is 14.3. The Morgan fingerprint density at radius 2 is 2.20 bits per heavy atom. The Hall–Kier alpha value is -2.11. The number of hydrogen-bond acceptors (Lipinski definition) is 3. The zero-order chi connectivity index (χ0) is 14.5. The van der Waals surface area contributed by atoms with Crippen LogP contribution in [0.25, 0.3) is 0 Å². The molecule has 1 fully saturated rings. The Morgan fingerprint density at radius 1 is 1.40 bits per heavy atom. The Balaban J connectivity index is 2.06. The summed E-state index contributed by atoms with van der Waals surface area (Å²) >= 11 is 0. The summed E-state index contributed by atoms with van der Waals surface area (Å²) in [4.78, 5) is 28.8. The molecular formula is C14H19N3O3. The van der Waals surface area contributed by atoms with E-state index in [1.807, 2.05) is 0 Å². The van der Waals surface area contributed by atoms with E-state index in [-0.39, 0.29) is 17.4 Å². The van der Waals surface area contributed by atoms with Crippen LogP contribution in [0, 0.1) is 5.92 Å². The molecule has 0 aliphatic carbocycles. The molecule has 1 aliphatic heterocycles. The van der Waals surface area contributed by atoms with Crippen LogP contribution in [0.4, 0.5) is 10.5 Å². The molecule has 6 nitrogen and oxygen atoms in total. The summed E-state index contributed by atoms with van der Waals surface area (Å²) in [6.45, 7) is 3.60. The highest BCUT2D eigenvalue weighted by atomic mass is 16.4. The SMILES string of the molecule is CC1CCCN(C(=O)Nc2cccnc2C(=O)O)CC1. The van der Waals surface area contributed by atoms with Crippen molar-refractivity contribution < 1.29 is 14.7 Å². The number of likely N-dealkylation sites (tertiary alicyclic amines) is 1. The maximum absolute atomic E-state index is 12.2. The number of aromatic nitrogens is 1. The van der Waals surface area contributed by atoms with Crippen LogP contribution < -0.4 is 5.32 Å². The normalized spacial score (nSPS) is 19.2. The predicted octanol–water partition coefficient (Wildman–Crippen LogP) is 2.43.